The molecule has 5 rings (SSSR count). The van der Waals surface area contributed by atoms with E-state index in [0.29, 0.717) is 29.2 Å². The SMILES string of the molecule is Cc1ccc(C#CC2CC2)c(CNc2cc(C)nc3nc(Nc4cc(Cl)ccc4C)nn23)n1. The number of nitrogens with one attached hydrogen (secondary N) is 2. The molecule has 1 aliphatic rings. The summed E-state index contributed by atoms with van der Waals surface area (Å²) in [6, 6.07) is 11.7. The molecule has 8 heteroatoms. The van der Waals surface area contributed by atoms with Crippen molar-refractivity contribution in [3.05, 3.63) is 69.6 Å². The summed E-state index contributed by atoms with van der Waals surface area (Å²) in [6.45, 7) is 6.45. The van der Waals surface area contributed by atoms with Gasteiger partial charge >= 0.3 is 0 Å². The second kappa shape index (κ2) is 8.72. The summed E-state index contributed by atoms with van der Waals surface area (Å²) < 4.78 is 1.69. The highest BCUT2D eigenvalue weighted by Crippen LogP contribution is 2.28. The number of hydrogen-bond donors (Lipinski definition) is 2. The van der Waals surface area contributed by atoms with E-state index in [9.17, 15) is 0 Å². The molecule has 0 amide bonds. The summed E-state index contributed by atoms with van der Waals surface area (Å²) in [5.41, 5.74) is 5.58. The Kier molecular flexibility index (Phi) is 5.61. The van der Waals surface area contributed by atoms with Crippen LogP contribution in [-0.4, -0.2) is 24.6 Å². The van der Waals surface area contributed by atoms with Crippen LogP contribution in [-0.2, 0) is 6.54 Å². The number of pyridine rings is 1. The highest BCUT2D eigenvalue weighted by Gasteiger charge is 2.18. The zero-order chi connectivity index (χ0) is 22.9. The van der Waals surface area contributed by atoms with Crippen molar-refractivity contribution in [2.75, 3.05) is 10.6 Å². The van der Waals surface area contributed by atoms with Crippen LogP contribution >= 0.6 is 11.6 Å². The molecule has 4 aromatic rings. The van der Waals surface area contributed by atoms with E-state index in [2.05, 4.69) is 37.5 Å². The molecular weight excluding hydrogens is 434 g/mol. The molecule has 0 unspecified atom stereocenters. The lowest BCUT2D eigenvalue weighted by atomic mass is 10.1. The summed E-state index contributed by atoms with van der Waals surface area (Å²) >= 11 is 6.15. The van der Waals surface area contributed by atoms with Gasteiger partial charge in [0.2, 0.25) is 5.95 Å². The van der Waals surface area contributed by atoms with E-state index in [1.807, 2.05) is 57.2 Å². The molecule has 3 aromatic heterocycles. The van der Waals surface area contributed by atoms with Gasteiger partial charge in [0.05, 0.1) is 12.2 Å². The first-order valence-electron chi connectivity index (χ1n) is 10.9. The third kappa shape index (κ3) is 4.91. The number of fused-ring (bicyclic) bond motifs is 1. The molecule has 1 saturated carbocycles. The van der Waals surface area contributed by atoms with Crippen LogP contribution in [0.1, 0.15) is 41.1 Å². The van der Waals surface area contributed by atoms with Crippen LogP contribution in [0, 0.1) is 38.5 Å². The summed E-state index contributed by atoms with van der Waals surface area (Å²) in [5, 5.41) is 12.0. The molecule has 1 aliphatic carbocycles. The maximum absolute atomic E-state index is 6.15. The molecule has 33 heavy (non-hydrogen) atoms. The van der Waals surface area contributed by atoms with Crippen LogP contribution < -0.4 is 10.6 Å². The molecular formula is C25H24ClN7. The summed E-state index contributed by atoms with van der Waals surface area (Å²) in [6.07, 6.45) is 2.40. The van der Waals surface area contributed by atoms with E-state index >= 15 is 0 Å². The summed E-state index contributed by atoms with van der Waals surface area (Å²) in [7, 11) is 0. The molecule has 0 radical (unpaired) electrons. The van der Waals surface area contributed by atoms with E-state index < -0.39 is 0 Å². The number of aromatic nitrogens is 5. The lowest BCUT2D eigenvalue weighted by molar-refractivity contribution is 0.906. The van der Waals surface area contributed by atoms with Crippen LogP contribution in [0.5, 0.6) is 0 Å². The largest absolute Gasteiger partial charge is 0.364 e. The zero-order valence-electron chi connectivity index (χ0n) is 18.8. The maximum Gasteiger partial charge on any atom is 0.256 e. The van der Waals surface area contributed by atoms with Crippen molar-refractivity contribution >= 4 is 34.8 Å². The van der Waals surface area contributed by atoms with E-state index in [0.717, 1.165) is 39.7 Å². The Morgan fingerprint density at radius 1 is 1.03 bits per heavy atom. The molecule has 0 spiro atoms. The van der Waals surface area contributed by atoms with Crippen LogP contribution in [0.25, 0.3) is 5.78 Å². The van der Waals surface area contributed by atoms with Crippen molar-refractivity contribution < 1.29 is 0 Å². The van der Waals surface area contributed by atoms with Crippen molar-refractivity contribution in [1.82, 2.24) is 24.6 Å². The number of hydrogen-bond acceptors (Lipinski definition) is 6. The smallest absolute Gasteiger partial charge is 0.256 e. The Hall–Kier alpha value is -3.63. The van der Waals surface area contributed by atoms with Crippen molar-refractivity contribution in [1.29, 1.82) is 0 Å². The molecule has 166 valence electrons. The molecule has 3 heterocycles. The Morgan fingerprint density at radius 2 is 1.88 bits per heavy atom. The molecule has 1 aromatic carbocycles. The van der Waals surface area contributed by atoms with E-state index in [4.69, 9.17) is 16.6 Å². The Morgan fingerprint density at radius 3 is 2.70 bits per heavy atom. The third-order valence-corrected chi connectivity index (χ3v) is 5.66. The predicted octanol–water partition coefficient (Wildman–Crippen LogP) is 5.22. The minimum absolute atomic E-state index is 0.450. The Labute approximate surface area is 197 Å². The van der Waals surface area contributed by atoms with Gasteiger partial charge in [-0.3, -0.25) is 4.98 Å². The van der Waals surface area contributed by atoms with Crippen molar-refractivity contribution in [2.24, 2.45) is 5.92 Å². The van der Waals surface area contributed by atoms with E-state index in [-0.39, 0.29) is 0 Å². The van der Waals surface area contributed by atoms with Crippen molar-refractivity contribution in [2.45, 2.75) is 40.2 Å². The predicted molar refractivity (Wildman–Crippen MR) is 131 cm³/mol. The molecule has 0 aliphatic heterocycles. The minimum Gasteiger partial charge on any atom is -0.364 e. The van der Waals surface area contributed by atoms with Gasteiger partial charge in [-0.15, -0.1) is 5.10 Å². The van der Waals surface area contributed by atoms with Crippen LogP contribution in [0.3, 0.4) is 0 Å². The Balaban J connectivity index is 1.43. The molecule has 2 N–H and O–H groups in total. The van der Waals surface area contributed by atoms with Gasteiger partial charge < -0.3 is 10.6 Å². The number of rotatable bonds is 5. The monoisotopic (exact) mass is 457 g/mol. The lowest BCUT2D eigenvalue weighted by Crippen LogP contribution is -2.10. The van der Waals surface area contributed by atoms with Gasteiger partial charge in [-0.1, -0.05) is 29.5 Å². The molecule has 1 fully saturated rings. The van der Waals surface area contributed by atoms with Crippen LogP contribution in [0.2, 0.25) is 5.02 Å². The third-order valence-electron chi connectivity index (χ3n) is 5.42. The summed E-state index contributed by atoms with van der Waals surface area (Å²) in [5.74, 6) is 8.92. The van der Waals surface area contributed by atoms with Gasteiger partial charge in [0.1, 0.15) is 5.82 Å². The van der Waals surface area contributed by atoms with E-state index in [1.54, 1.807) is 4.52 Å². The normalized spacial score (nSPS) is 13.0. The van der Waals surface area contributed by atoms with Gasteiger partial charge in [-0.2, -0.15) is 9.50 Å². The van der Waals surface area contributed by atoms with Gasteiger partial charge in [0.15, 0.2) is 0 Å². The van der Waals surface area contributed by atoms with Crippen molar-refractivity contribution in [3.8, 4) is 11.8 Å². The van der Waals surface area contributed by atoms with Crippen LogP contribution in [0.15, 0.2) is 36.4 Å². The zero-order valence-corrected chi connectivity index (χ0v) is 19.5. The van der Waals surface area contributed by atoms with Gasteiger partial charge in [0.25, 0.3) is 5.78 Å². The second-order valence-corrected chi connectivity index (χ2v) is 8.79. The minimum atomic E-state index is 0.450. The molecule has 0 atom stereocenters. The Bertz CT molecular complexity index is 1410. The number of benzene rings is 1. The van der Waals surface area contributed by atoms with Gasteiger partial charge in [-0.25, -0.2) is 4.98 Å². The average molecular weight is 458 g/mol. The van der Waals surface area contributed by atoms with E-state index in [1.165, 1.54) is 12.8 Å². The quantitative estimate of drug-likeness (QED) is 0.400. The number of aryl methyl sites for hydroxylation is 3. The van der Waals surface area contributed by atoms with Crippen LogP contribution in [0.4, 0.5) is 17.5 Å². The molecule has 7 nitrogen and oxygen atoms in total. The first-order chi connectivity index (χ1) is 15.9. The second-order valence-electron chi connectivity index (χ2n) is 8.36. The molecule has 0 bridgehead atoms. The molecule has 0 saturated heterocycles. The highest BCUT2D eigenvalue weighted by atomic mass is 35.5. The topological polar surface area (TPSA) is 80.0 Å². The number of halogens is 1. The summed E-state index contributed by atoms with van der Waals surface area (Å²) in [4.78, 5) is 13.8. The standard InChI is InChI=1S/C25H24ClN7/c1-15-4-11-20(26)13-21(15)30-24-31-25-29-17(3)12-23(33(25)32-24)27-14-22-19(9-5-16(2)28-22)10-8-18-6-7-18/h4-5,9,11-13,18,27H,6-7,14H2,1-3H3,(H,30,32). The highest BCUT2D eigenvalue weighted by molar-refractivity contribution is 6.30. The maximum atomic E-state index is 6.15. The fraction of sp³-hybridized carbons (Fsp3) is 0.280. The van der Waals surface area contributed by atoms with Crippen molar-refractivity contribution in [3.63, 3.8) is 0 Å². The first-order valence-corrected chi connectivity index (χ1v) is 11.3. The first kappa shape index (κ1) is 21.2. The van der Waals surface area contributed by atoms with Gasteiger partial charge in [-0.05, 0) is 63.4 Å². The fourth-order valence-corrected chi connectivity index (χ4v) is 3.63. The van der Waals surface area contributed by atoms with Gasteiger partial charge in [0, 0.05) is 39.6 Å². The lowest BCUT2D eigenvalue weighted by Gasteiger charge is -2.10. The fourth-order valence-electron chi connectivity index (χ4n) is 3.46. The number of nitrogens with zero attached hydrogens (tertiary/aromatic N) is 5. The number of anilines is 3. The average Bonchev–Trinajstić information content (AvgIpc) is 3.52.